The molecule has 0 bridgehead atoms. The number of hydrogen-bond donors (Lipinski definition) is 3. The van der Waals surface area contributed by atoms with Gasteiger partial charge in [0.2, 0.25) is 5.13 Å². The van der Waals surface area contributed by atoms with Crippen LogP contribution in [0.4, 0.5) is 13.9 Å². The van der Waals surface area contributed by atoms with Gasteiger partial charge in [-0.1, -0.05) is 11.3 Å². The number of ether oxygens (including phenoxy) is 1. The average Bonchev–Trinajstić information content (AvgIpc) is 3.66. The van der Waals surface area contributed by atoms with Crippen LogP contribution >= 0.6 is 11.3 Å². The van der Waals surface area contributed by atoms with Gasteiger partial charge in [-0.3, -0.25) is 24.5 Å². The van der Waals surface area contributed by atoms with E-state index in [2.05, 4.69) is 31.4 Å². The third-order valence-corrected chi connectivity index (χ3v) is 6.35. The number of aromatic nitrogens is 5. The van der Waals surface area contributed by atoms with Gasteiger partial charge in [-0.25, -0.2) is 13.8 Å². The van der Waals surface area contributed by atoms with Gasteiger partial charge in [0, 0.05) is 41.1 Å². The zero-order valence-corrected chi connectivity index (χ0v) is 22.2. The maximum Gasteiger partial charge on any atom is 0.280 e. The number of nitrogens with zero attached hydrogens (tertiary/aromatic N) is 5. The second-order valence-electron chi connectivity index (χ2n) is 8.69. The molecule has 1 amide bonds. The van der Waals surface area contributed by atoms with Crippen LogP contribution in [-0.4, -0.2) is 55.8 Å². The maximum atomic E-state index is 13.4. The number of pyridine rings is 3. The highest BCUT2D eigenvalue weighted by Gasteiger charge is 2.23. The Labute approximate surface area is 237 Å². The van der Waals surface area contributed by atoms with E-state index in [0.717, 1.165) is 40.4 Å². The third kappa shape index (κ3) is 7.17. The highest BCUT2D eigenvalue weighted by Crippen LogP contribution is 2.35. The molecule has 0 aliphatic heterocycles. The van der Waals surface area contributed by atoms with E-state index in [0.29, 0.717) is 5.92 Å². The van der Waals surface area contributed by atoms with Crippen LogP contribution in [0.25, 0.3) is 16.9 Å². The number of hydrogen-bond acceptors (Lipinski definition) is 10. The lowest BCUT2D eigenvalue weighted by Gasteiger charge is -2.18. The zero-order chi connectivity index (χ0) is 29.7. The first-order valence-corrected chi connectivity index (χ1v) is 12.7. The molecular formula is C26H21BF2N6O5S. The Morgan fingerprint density at radius 3 is 2.56 bits per heavy atom. The van der Waals surface area contributed by atoms with E-state index >= 15 is 0 Å². The molecule has 208 valence electrons. The number of halogens is 2. The lowest BCUT2D eigenvalue weighted by atomic mass is 9.88. The molecule has 0 aromatic carbocycles. The van der Waals surface area contributed by atoms with Gasteiger partial charge < -0.3 is 14.9 Å². The van der Waals surface area contributed by atoms with Crippen molar-refractivity contribution in [1.29, 1.82) is 0 Å². The molecule has 0 saturated heterocycles. The van der Waals surface area contributed by atoms with E-state index in [1.165, 1.54) is 43.8 Å². The zero-order valence-electron chi connectivity index (χ0n) is 21.4. The van der Waals surface area contributed by atoms with Crippen molar-refractivity contribution < 1.29 is 28.5 Å². The molecule has 0 atom stereocenters. The van der Waals surface area contributed by atoms with Crippen molar-refractivity contribution in [2.24, 2.45) is 5.92 Å². The summed E-state index contributed by atoms with van der Waals surface area (Å²) in [5.41, 5.74) is -2.76. The first-order chi connectivity index (χ1) is 19.5. The van der Waals surface area contributed by atoms with Crippen molar-refractivity contribution in [3.05, 3.63) is 75.5 Å². The Hall–Kier alpha value is -4.52. The summed E-state index contributed by atoms with van der Waals surface area (Å²) in [6.45, 7) is 0. The fourth-order valence-corrected chi connectivity index (χ4v) is 3.91. The number of carbonyl (C=O) groups is 1. The molecule has 4 aromatic rings. The predicted molar refractivity (Wildman–Crippen MR) is 146 cm³/mol. The molecule has 0 spiro atoms. The van der Waals surface area contributed by atoms with Crippen molar-refractivity contribution in [2.45, 2.75) is 25.0 Å². The molecule has 4 heterocycles. The molecule has 15 heteroatoms. The topological polar surface area (TPSA) is 152 Å². The monoisotopic (exact) mass is 578 g/mol. The van der Waals surface area contributed by atoms with Crippen molar-refractivity contribution in [3.63, 3.8) is 0 Å². The van der Waals surface area contributed by atoms with Gasteiger partial charge in [0.15, 0.2) is 7.85 Å². The number of methoxy groups -OCH3 is 1. The molecule has 41 heavy (non-hydrogen) atoms. The largest absolute Gasteiger partial charge is 0.494 e. The van der Waals surface area contributed by atoms with E-state index < -0.39 is 29.3 Å². The summed E-state index contributed by atoms with van der Waals surface area (Å²) >= 11 is 1.06. The number of anilines is 1. The number of rotatable bonds is 7. The third-order valence-electron chi connectivity index (χ3n) is 5.74. The predicted octanol–water partition coefficient (Wildman–Crippen LogP) is 2.64. The minimum atomic E-state index is -2.90. The van der Waals surface area contributed by atoms with Crippen LogP contribution in [0.1, 0.15) is 40.9 Å². The SMILES string of the molecule is C#CC1CC1.[B]C(O)(O)c1ccn(-c2cc(-c3cc(C(F)F)ncc3OC)c(C(=O)Nc3nncs3)cn2)c(=O)c1. The van der Waals surface area contributed by atoms with Crippen LogP contribution < -0.4 is 15.6 Å². The summed E-state index contributed by atoms with van der Waals surface area (Å²) in [7, 11) is 6.51. The molecule has 4 aromatic heterocycles. The number of terminal acetylenes is 1. The van der Waals surface area contributed by atoms with Gasteiger partial charge in [0.05, 0.1) is 18.9 Å². The number of nitrogens with one attached hydrogen (secondary N) is 1. The second kappa shape index (κ2) is 12.3. The normalized spacial score (nSPS) is 12.7. The van der Waals surface area contributed by atoms with Crippen molar-refractivity contribution >= 4 is 30.2 Å². The lowest BCUT2D eigenvalue weighted by molar-refractivity contribution is -0.0911. The van der Waals surface area contributed by atoms with Crippen LogP contribution in [0, 0.1) is 18.3 Å². The molecule has 1 fully saturated rings. The lowest BCUT2D eigenvalue weighted by Crippen LogP contribution is -2.28. The Morgan fingerprint density at radius 2 is 2.02 bits per heavy atom. The van der Waals surface area contributed by atoms with Crippen molar-refractivity contribution in [2.75, 3.05) is 12.4 Å². The van der Waals surface area contributed by atoms with E-state index in [-0.39, 0.29) is 39.0 Å². The van der Waals surface area contributed by atoms with Crippen LogP contribution in [-0.2, 0) is 5.69 Å². The van der Waals surface area contributed by atoms with Gasteiger partial charge in [-0.2, -0.15) is 0 Å². The summed E-state index contributed by atoms with van der Waals surface area (Å²) in [5, 5.41) is 29.2. The number of carbonyl (C=O) groups excluding carboxylic acids is 1. The van der Waals surface area contributed by atoms with Gasteiger partial charge in [-0.05, 0) is 31.0 Å². The Balaban J connectivity index is 0.000000699. The minimum absolute atomic E-state index is 0.00928. The Kier molecular flexibility index (Phi) is 8.87. The van der Waals surface area contributed by atoms with Gasteiger partial charge in [-0.15, -0.1) is 22.5 Å². The fraction of sp³-hybridized carbons (Fsp3) is 0.231. The number of amides is 1. The van der Waals surface area contributed by atoms with Crippen molar-refractivity contribution in [3.8, 4) is 35.0 Å². The van der Waals surface area contributed by atoms with E-state index in [9.17, 15) is 28.6 Å². The highest BCUT2D eigenvalue weighted by molar-refractivity contribution is 7.13. The molecule has 1 saturated carbocycles. The summed E-state index contributed by atoms with van der Waals surface area (Å²) in [6, 6.07) is 4.45. The molecule has 5 rings (SSSR count). The molecule has 11 nitrogen and oxygen atoms in total. The summed E-state index contributed by atoms with van der Waals surface area (Å²) in [4.78, 5) is 33.5. The van der Waals surface area contributed by atoms with Crippen LogP contribution in [0.5, 0.6) is 5.75 Å². The minimum Gasteiger partial charge on any atom is -0.494 e. The first kappa shape index (κ1) is 29.5. The first-order valence-electron chi connectivity index (χ1n) is 11.8. The quantitative estimate of drug-likeness (QED) is 0.171. The second-order valence-corrected chi connectivity index (χ2v) is 9.52. The summed E-state index contributed by atoms with van der Waals surface area (Å²) < 4.78 is 33.2. The highest BCUT2D eigenvalue weighted by atomic mass is 32.1. The molecule has 1 aliphatic carbocycles. The number of alkyl halides is 2. The molecule has 1 aliphatic rings. The maximum absolute atomic E-state index is 13.4. The van der Waals surface area contributed by atoms with E-state index in [1.807, 2.05) is 0 Å². The number of aliphatic hydroxyl groups is 2. The van der Waals surface area contributed by atoms with Gasteiger partial charge in [0.25, 0.3) is 17.9 Å². The average molecular weight is 578 g/mol. The fourth-order valence-electron chi connectivity index (χ4n) is 3.47. The molecule has 2 radical (unpaired) electrons. The van der Waals surface area contributed by atoms with Crippen LogP contribution in [0.2, 0.25) is 0 Å². The smallest absolute Gasteiger partial charge is 0.280 e. The Bertz CT molecular complexity index is 1650. The van der Waals surface area contributed by atoms with Gasteiger partial charge in [0.1, 0.15) is 28.5 Å². The van der Waals surface area contributed by atoms with E-state index in [1.54, 1.807) is 0 Å². The molecule has 3 N–H and O–H groups in total. The summed E-state index contributed by atoms with van der Waals surface area (Å²) in [5.74, 6) is 2.70. The molecule has 0 unspecified atom stereocenters. The Morgan fingerprint density at radius 1 is 1.27 bits per heavy atom. The standard InChI is InChI=1S/C21H15BF2N6O5S.C5H6/c1-35-15-8-25-14(18(23)24)5-12(15)11-6-16(30-3-2-10(4-17(30)31)21(22,33)34)26-7-13(11)19(32)28-20-29-27-9-36-20;1-2-5-3-4-5/h2-9,18,33-34H,1H3,(H,28,29,32);1,5H,3-4H2. The van der Waals surface area contributed by atoms with Crippen LogP contribution in [0.3, 0.4) is 0 Å². The van der Waals surface area contributed by atoms with E-state index in [4.69, 9.17) is 19.0 Å². The molecular weight excluding hydrogens is 557 g/mol. The van der Waals surface area contributed by atoms with Gasteiger partial charge >= 0.3 is 0 Å². The van der Waals surface area contributed by atoms with Crippen LogP contribution in [0.15, 0.2) is 53.2 Å². The van der Waals surface area contributed by atoms with Crippen molar-refractivity contribution in [1.82, 2.24) is 24.7 Å². The summed E-state index contributed by atoms with van der Waals surface area (Å²) in [6.07, 6.45) is 8.05.